The summed E-state index contributed by atoms with van der Waals surface area (Å²) >= 11 is 0. The summed E-state index contributed by atoms with van der Waals surface area (Å²) in [6.07, 6.45) is 4.75. The highest BCUT2D eigenvalue weighted by atomic mass is 16.2. The average molecular weight is 387 g/mol. The van der Waals surface area contributed by atoms with Gasteiger partial charge in [0.25, 0.3) is 0 Å². The lowest BCUT2D eigenvalue weighted by Gasteiger charge is -2.35. The zero-order valence-corrected chi connectivity index (χ0v) is 17.4. The zero-order valence-electron chi connectivity index (χ0n) is 17.4. The monoisotopic (exact) mass is 386 g/mol. The van der Waals surface area contributed by atoms with E-state index in [1.807, 2.05) is 30.9 Å². The molecule has 2 fully saturated rings. The first kappa shape index (κ1) is 20.8. The van der Waals surface area contributed by atoms with Gasteiger partial charge in [-0.1, -0.05) is 25.0 Å². The van der Waals surface area contributed by atoms with Crippen molar-refractivity contribution in [1.82, 2.24) is 14.7 Å². The van der Waals surface area contributed by atoms with Crippen molar-refractivity contribution in [3.05, 3.63) is 29.3 Å². The third-order valence-electron chi connectivity index (χ3n) is 5.82. The van der Waals surface area contributed by atoms with Gasteiger partial charge in [-0.15, -0.1) is 0 Å². The van der Waals surface area contributed by atoms with Crippen LogP contribution in [0.1, 0.15) is 36.8 Å². The number of anilines is 1. The van der Waals surface area contributed by atoms with Crippen LogP contribution < -0.4 is 5.32 Å². The molecular weight excluding hydrogens is 352 g/mol. The summed E-state index contributed by atoms with van der Waals surface area (Å²) in [5.74, 6) is 0.297. The maximum atomic E-state index is 12.5. The van der Waals surface area contributed by atoms with E-state index in [-0.39, 0.29) is 11.8 Å². The predicted octanol–water partition coefficient (Wildman–Crippen LogP) is 2.26. The number of carbonyl (C=O) groups excluding carboxylic acids is 2. The normalized spacial score (nSPS) is 19.3. The Labute approximate surface area is 168 Å². The molecule has 6 nitrogen and oxygen atoms in total. The largest absolute Gasteiger partial charge is 0.342 e. The van der Waals surface area contributed by atoms with Crippen molar-refractivity contribution in [2.45, 2.75) is 39.5 Å². The van der Waals surface area contributed by atoms with Crippen molar-refractivity contribution in [3.8, 4) is 0 Å². The number of carbonyl (C=O) groups is 2. The molecule has 2 amide bonds. The summed E-state index contributed by atoms with van der Waals surface area (Å²) in [5, 5.41) is 3.04. The zero-order chi connectivity index (χ0) is 19.9. The van der Waals surface area contributed by atoms with Gasteiger partial charge in [0.15, 0.2) is 0 Å². The molecule has 0 bridgehead atoms. The fraction of sp³-hybridized carbons (Fsp3) is 0.636. The van der Waals surface area contributed by atoms with Crippen LogP contribution in [0.2, 0.25) is 0 Å². The fourth-order valence-corrected chi connectivity index (χ4v) is 3.98. The van der Waals surface area contributed by atoms with Crippen LogP contribution in [0.4, 0.5) is 5.69 Å². The number of nitrogens with one attached hydrogen (secondary N) is 1. The Balaban J connectivity index is 1.40. The number of nitrogens with zero attached hydrogens (tertiary/aromatic N) is 3. The van der Waals surface area contributed by atoms with E-state index in [4.69, 9.17) is 0 Å². The SMILES string of the molecule is Cc1ccc(C)c(NC(=O)CN2CCN(CC(=O)N3CCCCCC3)CC2)c1. The number of benzene rings is 1. The lowest BCUT2D eigenvalue weighted by atomic mass is 10.1. The first-order valence-corrected chi connectivity index (χ1v) is 10.6. The standard InChI is InChI=1S/C22H34N4O2/c1-18-7-8-19(2)20(15-18)23-21(27)16-24-11-13-25(14-12-24)17-22(28)26-9-5-3-4-6-10-26/h7-8,15H,3-6,9-14,16-17H2,1-2H3,(H,23,27). The van der Waals surface area contributed by atoms with E-state index in [1.54, 1.807) is 0 Å². The van der Waals surface area contributed by atoms with Crippen molar-refractivity contribution in [1.29, 1.82) is 0 Å². The molecule has 0 unspecified atom stereocenters. The third kappa shape index (κ3) is 6.04. The number of piperazine rings is 1. The van der Waals surface area contributed by atoms with Crippen molar-refractivity contribution < 1.29 is 9.59 Å². The first-order chi connectivity index (χ1) is 13.5. The molecule has 154 valence electrons. The molecule has 1 aromatic rings. The molecule has 0 aliphatic carbocycles. The van der Waals surface area contributed by atoms with Gasteiger partial charge in [0.05, 0.1) is 13.1 Å². The summed E-state index contributed by atoms with van der Waals surface area (Å²) in [6.45, 7) is 10.1. The van der Waals surface area contributed by atoms with E-state index in [2.05, 4.69) is 21.2 Å². The molecule has 0 aromatic heterocycles. The molecular formula is C22H34N4O2. The molecule has 2 aliphatic rings. The maximum absolute atomic E-state index is 12.5. The smallest absolute Gasteiger partial charge is 0.238 e. The Morgan fingerprint density at radius 2 is 1.46 bits per heavy atom. The van der Waals surface area contributed by atoms with E-state index in [0.29, 0.717) is 13.1 Å². The summed E-state index contributed by atoms with van der Waals surface area (Å²) in [7, 11) is 0. The Hall–Kier alpha value is -1.92. The number of likely N-dealkylation sites (tertiary alicyclic amines) is 1. The van der Waals surface area contributed by atoms with Crippen molar-refractivity contribution in [2.24, 2.45) is 0 Å². The minimum atomic E-state index is 0.0304. The average Bonchev–Trinajstić information content (AvgIpc) is 2.96. The van der Waals surface area contributed by atoms with Gasteiger partial charge in [0.2, 0.25) is 11.8 Å². The van der Waals surface area contributed by atoms with Crippen LogP contribution in [-0.2, 0) is 9.59 Å². The molecule has 0 saturated carbocycles. The molecule has 6 heteroatoms. The third-order valence-corrected chi connectivity index (χ3v) is 5.82. The molecule has 2 saturated heterocycles. The van der Waals surface area contributed by atoms with Gasteiger partial charge < -0.3 is 10.2 Å². The van der Waals surface area contributed by atoms with E-state index in [0.717, 1.165) is 68.9 Å². The molecule has 1 N–H and O–H groups in total. The van der Waals surface area contributed by atoms with Gasteiger partial charge in [-0.25, -0.2) is 0 Å². The van der Waals surface area contributed by atoms with Crippen LogP contribution in [-0.4, -0.2) is 78.9 Å². The van der Waals surface area contributed by atoms with E-state index < -0.39 is 0 Å². The molecule has 2 aliphatic heterocycles. The highest BCUT2D eigenvalue weighted by Gasteiger charge is 2.23. The van der Waals surface area contributed by atoms with E-state index >= 15 is 0 Å². The van der Waals surface area contributed by atoms with Crippen molar-refractivity contribution in [2.75, 3.05) is 57.7 Å². The van der Waals surface area contributed by atoms with Gasteiger partial charge in [0, 0.05) is 45.0 Å². The molecule has 3 rings (SSSR count). The molecule has 0 radical (unpaired) electrons. The maximum Gasteiger partial charge on any atom is 0.238 e. The molecule has 28 heavy (non-hydrogen) atoms. The second kappa shape index (κ2) is 10.0. The van der Waals surface area contributed by atoms with Crippen molar-refractivity contribution in [3.63, 3.8) is 0 Å². The lowest BCUT2D eigenvalue weighted by Crippen LogP contribution is -2.51. The first-order valence-electron chi connectivity index (χ1n) is 10.6. The number of hydrogen-bond acceptors (Lipinski definition) is 4. The van der Waals surface area contributed by atoms with Crippen LogP contribution in [0, 0.1) is 13.8 Å². The highest BCUT2D eigenvalue weighted by Crippen LogP contribution is 2.16. The topological polar surface area (TPSA) is 55.9 Å². The Morgan fingerprint density at radius 1 is 0.857 bits per heavy atom. The molecule has 0 spiro atoms. The van der Waals surface area contributed by atoms with Gasteiger partial charge in [-0.05, 0) is 43.9 Å². The summed E-state index contributed by atoms with van der Waals surface area (Å²) in [6, 6.07) is 6.10. The Kier molecular flexibility index (Phi) is 7.45. The van der Waals surface area contributed by atoms with Crippen molar-refractivity contribution >= 4 is 17.5 Å². The van der Waals surface area contributed by atoms with Gasteiger partial charge in [-0.2, -0.15) is 0 Å². The Morgan fingerprint density at radius 3 is 2.11 bits per heavy atom. The van der Waals surface area contributed by atoms with Crippen LogP contribution in [0.3, 0.4) is 0 Å². The van der Waals surface area contributed by atoms with E-state index in [1.165, 1.54) is 12.8 Å². The fourth-order valence-electron chi connectivity index (χ4n) is 3.98. The quantitative estimate of drug-likeness (QED) is 0.843. The van der Waals surface area contributed by atoms with Crippen LogP contribution in [0.15, 0.2) is 18.2 Å². The second-order valence-corrected chi connectivity index (χ2v) is 8.21. The predicted molar refractivity (Wildman–Crippen MR) is 112 cm³/mol. The van der Waals surface area contributed by atoms with Crippen LogP contribution >= 0.6 is 0 Å². The summed E-state index contributed by atoms with van der Waals surface area (Å²) < 4.78 is 0. The van der Waals surface area contributed by atoms with Gasteiger partial charge in [0.1, 0.15) is 0 Å². The highest BCUT2D eigenvalue weighted by molar-refractivity contribution is 5.93. The lowest BCUT2D eigenvalue weighted by molar-refractivity contribution is -0.133. The minimum absolute atomic E-state index is 0.0304. The minimum Gasteiger partial charge on any atom is -0.342 e. The second-order valence-electron chi connectivity index (χ2n) is 8.21. The molecule has 0 atom stereocenters. The summed E-state index contributed by atoms with van der Waals surface area (Å²) in [4.78, 5) is 31.4. The number of amides is 2. The van der Waals surface area contributed by atoms with Crippen LogP contribution in [0.5, 0.6) is 0 Å². The van der Waals surface area contributed by atoms with Gasteiger partial charge >= 0.3 is 0 Å². The number of aryl methyl sites for hydroxylation is 2. The van der Waals surface area contributed by atoms with E-state index in [9.17, 15) is 9.59 Å². The Bertz CT molecular complexity index is 675. The van der Waals surface area contributed by atoms with Gasteiger partial charge in [-0.3, -0.25) is 19.4 Å². The molecule has 1 aromatic carbocycles. The summed E-state index contributed by atoms with van der Waals surface area (Å²) in [5.41, 5.74) is 3.12. The number of hydrogen-bond donors (Lipinski definition) is 1. The number of rotatable bonds is 5. The van der Waals surface area contributed by atoms with Crippen LogP contribution in [0.25, 0.3) is 0 Å². The molecule has 2 heterocycles.